The molecule has 5 nitrogen and oxygen atoms in total. The van der Waals surface area contributed by atoms with Gasteiger partial charge >= 0.3 is 6.09 Å². The molecule has 2 rings (SSSR count). The van der Waals surface area contributed by atoms with Gasteiger partial charge in [0.2, 0.25) is 0 Å². The van der Waals surface area contributed by atoms with Gasteiger partial charge in [0.1, 0.15) is 5.60 Å². The van der Waals surface area contributed by atoms with E-state index < -0.39 is 12.2 Å². The van der Waals surface area contributed by atoms with Gasteiger partial charge in [0.25, 0.3) is 0 Å². The number of aliphatic hydroxyl groups is 1. The van der Waals surface area contributed by atoms with Crippen LogP contribution in [0.4, 0.5) is 4.79 Å². The first-order valence-corrected chi connectivity index (χ1v) is 3.91. The third-order valence-corrected chi connectivity index (χ3v) is 2.42. The molecule has 0 bridgehead atoms. The van der Waals surface area contributed by atoms with Gasteiger partial charge in [-0.3, -0.25) is 0 Å². The number of nitrogens with zero attached hydrogens (tertiary/aromatic N) is 1. The fraction of sp³-hybridized carbons (Fsp3) is 0.857. The summed E-state index contributed by atoms with van der Waals surface area (Å²) in [6.45, 7) is 1.15. The molecule has 5 heteroatoms. The summed E-state index contributed by atoms with van der Waals surface area (Å²) in [7, 11) is 0. The molecule has 0 aromatic heterocycles. The smallest absolute Gasteiger partial charge is 0.407 e. The lowest BCUT2D eigenvalue weighted by Gasteiger charge is -2.45. The first-order valence-electron chi connectivity index (χ1n) is 3.91. The van der Waals surface area contributed by atoms with Crippen LogP contribution in [0.15, 0.2) is 0 Å². The van der Waals surface area contributed by atoms with Crippen LogP contribution in [0.2, 0.25) is 0 Å². The number of hydrogen-bond acceptors (Lipinski definition) is 3. The molecule has 0 aliphatic carbocycles. The van der Waals surface area contributed by atoms with Crippen molar-refractivity contribution in [3.63, 3.8) is 0 Å². The standard InChI is InChI=1S/C7H11NO4/c9-5-1-7(12-2-5)3-8(4-7)6(10)11/h5,9H,1-4H2,(H,10,11)/t5-/m0/s1. The Kier molecular flexibility index (Phi) is 1.52. The summed E-state index contributed by atoms with van der Waals surface area (Å²) in [4.78, 5) is 11.7. The number of likely N-dealkylation sites (tertiary alicyclic amines) is 1. The van der Waals surface area contributed by atoms with Crippen molar-refractivity contribution in [3.8, 4) is 0 Å². The molecular formula is C7H11NO4. The Hall–Kier alpha value is -0.810. The lowest BCUT2D eigenvalue weighted by atomic mass is 9.91. The van der Waals surface area contributed by atoms with Crippen molar-refractivity contribution >= 4 is 6.09 Å². The van der Waals surface area contributed by atoms with E-state index in [2.05, 4.69) is 0 Å². The Morgan fingerprint density at radius 2 is 2.25 bits per heavy atom. The topological polar surface area (TPSA) is 70.0 Å². The molecule has 0 unspecified atom stereocenters. The molecule has 2 N–H and O–H groups in total. The van der Waals surface area contributed by atoms with Gasteiger partial charge in [-0.1, -0.05) is 0 Å². The fourth-order valence-corrected chi connectivity index (χ4v) is 1.83. The van der Waals surface area contributed by atoms with Crippen LogP contribution in [-0.4, -0.2) is 52.6 Å². The molecule has 2 aliphatic rings. The van der Waals surface area contributed by atoms with Crippen LogP contribution in [0.25, 0.3) is 0 Å². The number of ether oxygens (including phenoxy) is 1. The highest BCUT2D eigenvalue weighted by molar-refractivity contribution is 5.66. The molecule has 2 saturated heterocycles. The summed E-state index contributed by atoms with van der Waals surface area (Å²) in [5.41, 5.74) is -0.363. The lowest BCUT2D eigenvalue weighted by molar-refractivity contribution is -0.0982. The molecule has 1 atom stereocenters. The summed E-state index contributed by atoms with van der Waals surface area (Å²) in [5.74, 6) is 0. The minimum Gasteiger partial charge on any atom is -0.465 e. The van der Waals surface area contributed by atoms with Crippen molar-refractivity contribution in [2.24, 2.45) is 0 Å². The first kappa shape index (κ1) is 7.82. The maximum atomic E-state index is 10.4. The Bertz CT molecular complexity index is 211. The molecule has 1 amide bonds. The van der Waals surface area contributed by atoms with Gasteiger partial charge in [0.15, 0.2) is 0 Å². The Morgan fingerprint density at radius 3 is 2.67 bits per heavy atom. The van der Waals surface area contributed by atoms with Crippen LogP contribution in [0, 0.1) is 0 Å². The van der Waals surface area contributed by atoms with Gasteiger partial charge in [-0.05, 0) is 0 Å². The monoisotopic (exact) mass is 173 g/mol. The van der Waals surface area contributed by atoms with Gasteiger partial charge in [0, 0.05) is 6.42 Å². The number of carbonyl (C=O) groups is 1. The number of carboxylic acid groups (broad SMARTS) is 1. The highest BCUT2D eigenvalue weighted by Gasteiger charge is 2.51. The summed E-state index contributed by atoms with van der Waals surface area (Å²) in [5, 5.41) is 17.7. The van der Waals surface area contributed by atoms with Gasteiger partial charge in [-0.25, -0.2) is 4.79 Å². The number of aliphatic hydroxyl groups excluding tert-OH is 1. The van der Waals surface area contributed by atoms with E-state index in [9.17, 15) is 4.79 Å². The third kappa shape index (κ3) is 1.05. The number of hydrogen-bond donors (Lipinski definition) is 2. The van der Waals surface area contributed by atoms with Gasteiger partial charge < -0.3 is 19.8 Å². The maximum Gasteiger partial charge on any atom is 0.407 e. The second-order valence-electron chi connectivity index (χ2n) is 3.49. The minimum atomic E-state index is -0.911. The highest BCUT2D eigenvalue weighted by Crippen LogP contribution is 2.34. The highest BCUT2D eigenvalue weighted by atomic mass is 16.5. The zero-order chi connectivity index (χ0) is 8.77. The van der Waals surface area contributed by atoms with Crippen molar-refractivity contribution in [1.82, 2.24) is 4.90 Å². The average Bonchev–Trinajstić information content (AvgIpc) is 2.27. The maximum absolute atomic E-state index is 10.4. The number of amides is 1. The van der Waals surface area contributed by atoms with Crippen LogP contribution < -0.4 is 0 Å². The quantitative estimate of drug-likeness (QED) is 0.518. The Labute approximate surface area is 69.5 Å². The van der Waals surface area contributed by atoms with E-state index in [-0.39, 0.29) is 5.60 Å². The van der Waals surface area contributed by atoms with E-state index in [1.807, 2.05) is 0 Å². The molecule has 2 fully saturated rings. The van der Waals surface area contributed by atoms with Gasteiger partial charge in [-0.2, -0.15) is 0 Å². The molecule has 0 saturated carbocycles. The predicted octanol–water partition coefficient (Wildman–Crippen LogP) is -0.500. The van der Waals surface area contributed by atoms with Crippen molar-refractivity contribution in [2.45, 2.75) is 18.1 Å². The summed E-state index contributed by atoms with van der Waals surface area (Å²) in [6.07, 6.45) is -0.761. The lowest BCUT2D eigenvalue weighted by Crippen LogP contribution is -2.63. The largest absolute Gasteiger partial charge is 0.465 e. The van der Waals surface area contributed by atoms with E-state index in [1.165, 1.54) is 4.90 Å². The van der Waals surface area contributed by atoms with Crippen LogP contribution in [-0.2, 0) is 4.74 Å². The minimum absolute atomic E-state index is 0.341. The van der Waals surface area contributed by atoms with Gasteiger partial charge in [0.05, 0.1) is 25.8 Å². The van der Waals surface area contributed by atoms with E-state index >= 15 is 0 Å². The van der Waals surface area contributed by atoms with Crippen LogP contribution in [0.5, 0.6) is 0 Å². The molecule has 68 valence electrons. The predicted molar refractivity (Wildman–Crippen MR) is 38.9 cm³/mol. The van der Waals surface area contributed by atoms with Crippen molar-refractivity contribution < 1.29 is 19.7 Å². The van der Waals surface area contributed by atoms with E-state index in [1.54, 1.807) is 0 Å². The molecule has 0 aromatic carbocycles. The Morgan fingerprint density at radius 1 is 1.58 bits per heavy atom. The van der Waals surface area contributed by atoms with Crippen molar-refractivity contribution in [3.05, 3.63) is 0 Å². The molecular weight excluding hydrogens is 162 g/mol. The first-order chi connectivity index (χ1) is 5.61. The average molecular weight is 173 g/mol. The SMILES string of the molecule is O=C(O)N1CC2(C[C@H](O)CO2)C1. The third-order valence-electron chi connectivity index (χ3n) is 2.42. The second kappa shape index (κ2) is 2.34. The van der Waals surface area contributed by atoms with E-state index in [4.69, 9.17) is 14.9 Å². The summed E-state index contributed by atoms with van der Waals surface area (Å²) in [6, 6.07) is 0. The van der Waals surface area contributed by atoms with Gasteiger partial charge in [-0.15, -0.1) is 0 Å². The molecule has 0 radical (unpaired) electrons. The normalized spacial score (nSPS) is 32.1. The zero-order valence-corrected chi connectivity index (χ0v) is 6.56. The Balaban J connectivity index is 1.91. The zero-order valence-electron chi connectivity index (χ0n) is 6.56. The molecule has 2 heterocycles. The van der Waals surface area contributed by atoms with E-state index in [0.29, 0.717) is 26.1 Å². The van der Waals surface area contributed by atoms with Crippen LogP contribution >= 0.6 is 0 Å². The number of rotatable bonds is 0. The summed E-state index contributed by atoms with van der Waals surface area (Å²) < 4.78 is 5.31. The van der Waals surface area contributed by atoms with Crippen molar-refractivity contribution in [1.29, 1.82) is 0 Å². The molecule has 12 heavy (non-hydrogen) atoms. The molecule has 0 aromatic rings. The van der Waals surface area contributed by atoms with E-state index in [0.717, 1.165) is 0 Å². The van der Waals surface area contributed by atoms with Crippen LogP contribution in [0.3, 0.4) is 0 Å². The summed E-state index contributed by atoms with van der Waals surface area (Å²) >= 11 is 0. The molecule has 2 aliphatic heterocycles. The fourth-order valence-electron chi connectivity index (χ4n) is 1.83. The van der Waals surface area contributed by atoms with Crippen LogP contribution in [0.1, 0.15) is 6.42 Å². The van der Waals surface area contributed by atoms with Crippen molar-refractivity contribution in [2.75, 3.05) is 19.7 Å². The molecule has 1 spiro atoms. The second-order valence-corrected chi connectivity index (χ2v) is 3.49.